The Bertz CT molecular complexity index is 1370. The molecule has 174 valence electrons. The van der Waals surface area contributed by atoms with Gasteiger partial charge in [0.15, 0.2) is 0 Å². The molecule has 0 bridgehead atoms. The second kappa shape index (κ2) is 8.72. The average Bonchev–Trinajstić information content (AvgIpc) is 2.93. The SMILES string of the molecule is C[C@@H]1CCCCN1C(=O)c1ccc2c(c1)N(Cc1ccccc1)C(=O)c1ccccc1S2(=O)=O. The first-order chi connectivity index (χ1) is 16.4. The number of fused-ring (bicyclic) bond motifs is 2. The van der Waals surface area contributed by atoms with Gasteiger partial charge in [0.05, 0.1) is 27.6 Å². The summed E-state index contributed by atoms with van der Waals surface area (Å²) in [7, 11) is -3.96. The van der Waals surface area contributed by atoms with E-state index < -0.39 is 15.7 Å². The van der Waals surface area contributed by atoms with Crippen molar-refractivity contribution in [3.63, 3.8) is 0 Å². The summed E-state index contributed by atoms with van der Waals surface area (Å²) in [5.74, 6) is -0.543. The summed E-state index contributed by atoms with van der Waals surface area (Å²) in [6, 6.07) is 20.4. The van der Waals surface area contributed by atoms with E-state index in [0.717, 1.165) is 24.8 Å². The van der Waals surface area contributed by atoms with Gasteiger partial charge in [-0.3, -0.25) is 9.59 Å². The zero-order chi connectivity index (χ0) is 23.9. The first-order valence-corrected chi connectivity index (χ1v) is 13.0. The van der Waals surface area contributed by atoms with E-state index in [2.05, 4.69) is 0 Å². The van der Waals surface area contributed by atoms with Crippen LogP contribution in [-0.2, 0) is 16.4 Å². The summed E-state index contributed by atoms with van der Waals surface area (Å²) in [6.07, 6.45) is 2.98. The van der Waals surface area contributed by atoms with Crippen LogP contribution in [0.15, 0.2) is 82.6 Å². The highest BCUT2D eigenvalue weighted by Gasteiger charge is 2.36. The predicted molar refractivity (Wildman–Crippen MR) is 130 cm³/mol. The van der Waals surface area contributed by atoms with Gasteiger partial charge in [-0.25, -0.2) is 8.42 Å². The minimum absolute atomic E-state index is 0.0134. The molecule has 0 aromatic heterocycles. The molecule has 3 aromatic carbocycles. The maximum atomic E-state index is 13.7. The van der Waals surface area contributed by atoms with Crippen molar-refractivity contribution < 1.29 is 18.0 Å². The molecule has 2 aliphatic heterocycles. The van der Waals surface area contributed by atoms with Crippen molar-refractivity contribution in [3.8, 4) is 0 Å². The Morgan fingerprint density at radius 1 is 0.941 bits per heavy atom. The van der Waals surface area contributed by atoms with Crippen LogP contribution in [0, 0.1) is 0 Å². The monoisotopic (exact) mass is 474 g/mol. The first-order valence-electron chi connectivity index (χ1n) is 11.5. The first kappa shape index (κ1) is 22.3. The topological polar surface area (TPSA) is 74.8 Å². The largest absolute Gasteiger partial charge is 0.336 e. The molecule has 1 atom stereocenters. The number of anilines is 1. The predicted octanol–water partition coefficient (Wildman–Crippen LogP) is 4.69. The van der Waals surface area contributed by atoms with Crippen molar-refractivity contribution in [2.45, 2.75) is 48.6 Å². The van der Waals surface area contributed by atoms with Crippen LogP contribution in [0.5, 0.6) is 0 Å². The minimum Gasteiger partial charge on any atom is -0.336 e. The lowest BCUT2D eigenvalue weighted by Gasteiger charge is -2.33. The van der Waals surface area contributed by atoms with Crippen molar-refractivity contribution in [1.29, 1.82) is 0 Å². The second-order valence-electron chi connectivity index (χ2n) is 8.90. The molecule has 0 aliphatic carbocycles. The maximum absolute atomic E-state index is 13.7. The van der Waals surface area contributed by atoms with E-state index >= 15 is 0 Å². The number of hydrogen-bond acceptors (Lipinski definition) is 4. The second-order valence-corrected chi connectivity index (χ2v) is 10.8. The average molecular weight is 475 g/mol. The fourth-order valence-electron chi connectivity index (χ4n) is 4.83. The van der Waals surface area contributed by atoms with Crippen molar-refractivity contribution in [2.75, 3.05) is 11.4 Å². The molecule has 0 radical (unpaired) electrons. The van der Waals surface area contributed by atoms with Crippen LogP contribution in [0.4, 0.5) is 5.69 Å². The standard InChI is InChI=1S/C27H26N2O4S/c1-19-9-7-8-16-28(19)26(30)21-14-15-25-23(17-21)29(18-20-10-3-2-4-11-20)27(31)22-12-5-6-13-24(22)34(25,32)33/h2-6,10-15,17,19H,7-9,16,18H2,1H3/t19-/m1/s1. The number of hydrogen-bond donors (Lipinski definition) is 0. The van der Waals surface area contributed by atoms with Gasteiger partial charge in [0, 0.05) is 18.2 Å². The van der Waals surface area contributed by atoms with E-state index in [1.54, 1.807) is 30.3 Å². The van der Waals surface area contributed by atoms with Crippen LogP contribution >= 0.6 is 0 Å². The quantitative estimate of drug-likeness (QED) is 0.552. The molecule has 34 heavy (non-hydrogen) atoms. The maximum Gasteiger partial charge on any atom is 0.259 e. The highest BCUT2D eigenvalue weighted by atomic mass is 32.2. The molecule has 2 heterocycles. The van der Waals surface area contributed by atoms with Crippen molar-refractivity contribution in [2.24, 2.45) is 0 Å². The molecular formula is C27H26N2O4S. The van der Waals surface area contributed by atoms with E-state index in [4.69, 9.17) is 0 Å². The Morgan fingerprint density at radius 2 is 1.68 bits per heavy atom. The highest BCUT2D eigenvalue weighted by molar-refractivity contribution is 7.91. The third kappa shape index (κ3) is 3.80. The lowest BCUT2D eigenvalue weighted by atomic mass is 10.0. The Morgan fingerprint density at radius 3 is 2.44 bits per heavy atom. The van der Waals surface area contributed by atoms with Crippen LogP contribution in [-0.4, -0.2) is 37.7 Å². The summed E-state index contributed by atoms with van der Waals surface area (Å²) >= 11 is 0. The van der Waals surface area contributed by atoms with Gasteiger partial charge in [-0.15, -0.1) is 0 Å². The van der Waals surface area contributed by atoms with Crippen molar-refractivity contribution >= 4 is 27.3 Å². The molecule has 2 aliphatic rings. The lowest BCUT2D eigenvalue weighted by molar-refractivity contribution is 0.0635. The number of likely N-dealkylation sites (tertiary alicyclic amines) is 1. The van der Waals surface area contributed by atoms with Gasteiger partial charge >= 0.3 is 0 Å². The van der Waals surface area contributed by atoms with E-state index in [0.29, 0.717) is 12.1 Å². The summed E-state index contributed by atoms with van der Waals surface area (Å²) < 4.78 is 27.2. The number of nitrogens with zero attached hydrogens (tertiary/aromatic N) is 2. The van der Waals surface area contributed by atoms with E-state index in [1.807, 2.05) is 42.2 Å². The number of benzene rings is 3. The minimum atomic E-state index is -3.96. The fourth-order valence-corrected chi connectivity index (χ4v) is 6.46. The van der Waals surface area contributed by atoms with E-state index in [1.165, 1.54) is 17.0 Å². The third-order valence-corrected chi connectivity index (χ3v) is 8.54. The Balaban J connectivity index is 1.67. The van der Waals surface area contributed by atoms with Crippen LogP contribution < -0.4 is 4.90 Å². The van der Waals surface area contributed by atoms with Gasteiger partial charge < -0.3 is 9.80 Å². The Kier molecular flexibility index (Phi) is 5.73. The molecule has 5 rings (SSSR count). The number of sulfone groups is 1. The lowest BCUT2D eigenvalue weighted by Crippen LogP contribution is -2.42. The van der Waals surface area contributed by atoms with Gasteiger partial charge in [0.25, 0.3) is 11.8 Å². The van der Waals surface area contributed by atoms with E-state index in [-0.39, 0.29) is 39.5 Å². The highest BCUT2D eigenvalue weighted by Crippen LogP contribution is 2.38. The molecule has 3 aromatic rings. The van der Waals surface area contributed by atoms with Gasteiger partial charge in [-0.05, 0) is 62.1 Å². The molecule has 6 nitrogen and oxygen atoms in total. The number of piperidine rings is 1. The number of carbonyl (C=O) groups excluding carboxylic acids is 2. The molecule has 7 heteroatoms. The fraction of sp³-hybridized carbons (Fsp3) is 0.259. The molecule has 0 unspecified atom stereocenters. The van der Waals surface area contributed by atoms with Crippen molar-refractivity contribution in [3.05, 3.63) is 89.5 Å². The Labute approximate surface area is 199 Å². The molecule has 1 saturated heterocycles. The third-order valence-electron chi connectivity index (χ3n) is 6.69. The summed E-state index contributed by atoms with van der Waals surface area (Å²) in [5, 5.41) is 0. The normalized spacial score (nSPS) is 19.2. The summed E-state index contributed by atoms with van der Waals surface area (Å²) in [4.78, 5) is 30.4. The van der Waals surface area contributed by atoms with E-state index in [9.17, 15) is 18.0 Å². The van der Waals surface area contributed by atoms with Crippen LogP contribution in [0.1, 0.15) is 52.5 Å². The van der Waals surface area contributed by atoms with Crippen LogP contribution in [0.2, 0.25) is 0 Å². The zero-order valence-corrected chi connectivity index (χ0v) is 19.8. The smallest absolute Gasteiger partial charge is 0.259 e. The van der Waals surface area contributed by atoms with Crippen molar-refractivity contribution in [1.82, 2.24) is 4.90 Å². The number of carbonyl (C=O) groups is 2. The molecule has 0 saturated carbocycles. The van der Waals surface area contributed by atoms with Gasteiger partial charge in [-0.1, -0.05) is 42.5 Å². The molecule has 1 fully saturated rings. The molecule has 2 amide bonds. The molecule has 0 spiro atoms. The number of amides is 2. The summed E-state index contributed by atoms with van der Waals surface area (Å²) in [5.41, 5.74) is 1.62. The van der Waals surface area contributed by atoms with Gasteiger partial charge in [0.2, 0.25) is 9.84 Å². The molecule has 0 N–H and O–H groups in total. The van der Waals surface area contributed by atoms with Gasteiger partial charge in [0.1, 0.15) is 0 Å². The van der Waals surface area contributed by atoms with Crippen LogP contribution in [0.3, 0.4) is 0 Å². The van der Waals surface area contributed by atoms with Crippen LogP contribution in [0.25, 0.3) is 0 Å². The zero-order valence-electron chi connectivity index (χ0n) is 19.0. The Hall–Kier alpha value is -3.45. The summed E-state index contributed by atoms with van der Waals surface area (Å²) in [6.45, 7) is 2.90. The molecular weight excluding hydrogens is 448 g/mol. The van der Waals surface area contributed by atoms with Gasteiger partial charge in [-0.2, -0.15) is 0 Å². The number of rotatable bonds is 3.